The van der Waals surface area contributed by atoms with Crippen LogP contribution in [0, 0.1) is 12.8 Å². The summed E-state index contributed by atoms with van der Waals surface area (Å²) in [6.45, 7) is 5.00. The highest BCUT2D eigenvalue weighted by Crippen LogP contribution is 2.40. The highest BCUT2D eigenvalue weighted by molar-refractivity contribution is 6.04. The van der Waals surface area contributed by atoms with E-state index < -0.39 is 5.97 Å². The zero-order valence-corrected chi connectivity index (χ0v) is 29.8. The van der Waals surface area contributed by atoms with Gasteiger partial charge >= 0.3 is 5.97 Å². The van der Waals surface area contributed by atoms with Crippen molar-refractivity contribution in [3.05, 3.63) is 119 Å². The Balaban J connectivity index is 1.21. The van der Waals surface area contributed by atoms with Gasteiger partial charge in [-0.3, -0.25) is 9.48 Å². The Hall–Kier alpha value is -5.41. The lowest BCUT2D eigenvalue weighted by molar-refractivity contribution is -0.134. The van der Waals surface area contributed by atoms with E-state index in [9.17, 15) is 14.7 Å². The minimum absolute atomic E-state index is 0.104. The lowest BCUT2D eigenvalue weighted by Gasteiger charge is -2.27. The van der Waals surface area contributed by atoms with Crippen LogP contribution in [0.3, 0.4) is 0 Å². The van der Waals surface area contributed by atoms with Gasteiger partial charge in [-0.05, 0) is 66.7 Å². The van der Waals surface area contributed by atoms with E-state index in [-0.39, 0.29) is 11.6 Å². The Morgan fingerprint density at radius 2 is 1.60 bits per heavy atom. The summed E-state index contributed by atoms with van der Waals surface area (Å²) >= 11 is 0. The molecule has 4 heterocycles. The number of nitrogens with zero attached hydrogens (tertiary/aromatic N) is 4. The molecule has 1 fully saturated rings. The molecule has 0 spiro atoms. The minimum Gasteiger partial charge on any atom is -0.493 e. The fourth-order valence-electron chi connectivity index (χ4n) is 8.21. The summed E-state index contributed by atoms with van der Waals surface area (Å²) in [4.78, 5) is 29.4. The number of benzene rings is 4. The number of hydrogen-bond acceptors (Lipinski definition) is 5. The second-order valence-corrected chi connectivity index (χ2v) is 14.2. The summed E-state index contributed by atoms with van der Waals surface area (Å²) in [5.74, 6) is 0.262. The van der Waals surface area contributed by atoms with Crippen LogP contribution in [0.1, 0.15) is 64.2 Å². The number of hydrogen-bond donors (Lipinski definition) is 1. The van der Waals surface area contributed by atoms with E-state index >= 15 is 0 Å². The van der Waals surface area contributed by atoms with Crippen LogP contribution in [0.25, 0.3) is 32.8 Å². The van der Waals surface area contributed by atoms with Gasteiger partial charge in [0.1, 0.15) is 11.4 Å². The predicted molar refractivity (Wildman–Crippen MR) is 202 cm³/mol. The largest absolute Gasteiger partial charge is 0.493 e. The van der Waals surface area contributed by atoms with Gasteiger partial charge in [0.2, 0.25) is 5.91 Å². The van der Waals surface area contributed by atoms with Crippen LogP contribution in [0.4, 0.5) is 0 Å². The highest BCUT2D eigenvalue weighted by atomic mass is 16.5. The fourth-order valence-corrected chi connectivity index (χ4v) is 8.21. The van der Waals surface area contributed by atoms with Crippen LogP contribution in [-0.4, -0.2) is 56.1 Å². The molecule has 9 heteroatoms. The van der Waals surface area contributed by atoms with Gasteiger partial charge in [-0.2, -0.15) is 5.10 Å². The summed E-state index contributed by atoms with van der Waals surface area (Å²) < 4.78 is 15.7. The van der Waals surface area contributed by atoms with Crippen molar-refractivity contribution in [2.45, 2.75) is 58.7 Å². The number of rotatable bonds is 8. The molecule has 1 saturated heterocycles. The van der Waals surface area contributed by atoms with Crippen molar-refractivity contribution in [2.24, 2.45) is 13.0 Å². The van der Waals surface area contributed by atoms with Crippen LogP contribution >= 0.6 is 0 Å². The van der Waals surface area contributed by atoms with Crippen molar-refractivity contribution in [3.8, 4) is 16.9 Å². The van der Waals surface area contributed by atoms with Crippen LogP contribution in [0.5, 0.6) is 5.75 Å². The number of aryl methyl sites for hydroxylation is 2. The molecule has 1 amide bonds. The Bertz CT molecular complexity index is 2290. The molecule has 4 aromatic carbocycles. The first-order valence-corrected chi connectivity index (χ1v) is 18.3. The zero-order valence-electron chi connectivity index (χ0n) is 29.8. The number of ether oxygens (including phenoxy) is 2. The molecule has 8 rings (SSSR count). The number of aromatic nitrogens is 3. The monoisotopic (exact) mass is 696 g/mol. The maximum atomic E-state index is 14.1. The number of carbonyl (C=O) groups is 2. The molecule has 0 atom stereocenters. The third-order valence-corrected chi connectivity index (χ3v) is 10.9. The van der Waals surface area contributed by atoms with Gasteiger partial charge < -0.3 is 24.0 Å². The second-order valence-electron chi connectivity index (χ2n) is 14.2. The van der Waals surface area contributed by atoms with Crippen molar-refractivity contribution in [1.82, 2.24) is 19.2 Å². The quantitative estimate of drug-likeness (QED) is 0.162. The first kappa shape index (κ1) is 33.7. The van der Waals surface area contributed by atoms with Gasteiger partial charge in [-0.15, -0.1) is 0 Å². The van der Waals surface area contributed by atoms with Gasteiger partial charge in [-0.1, -0.05) is 78.9 Å². The summed E-state index contributed by atoms with van der Waals surface area (Å²) in [5, 5.41) is 19.0. The maximum Gasteiger partial charge on any atom is 0.352 e. The number of amides is 1. The Morgan fingerprint density at radius 3 is 2.40 bits per heavy atom. The fraction of sp³-hybridized carbons (Fsp3) is 0.326. The molecule has 9 nitrogen and oxygen atoms in total. The molecule has 1 N–H and O–H groups in total. The number of para-hydroxylation sites is 1. The number of carbonyl (C=O) groups excluding carboxylic acids is 1. The first-order chi connectivity index (χ1) is 25.4. The molecule has 0 bridgehead atoms. The number of fused-ring (bicyclic) bond motifs is 4. The summed E-state index contributed by atoms with van der Waals surface area (Å²) in [6.07, 6.45) is 3.42. The first-order valence-electron chi connectivity index (χ1n) is 18.3. The van der Waals surface area contributed by atoms with E-state index in [4.69, 9.17) is 14.6 Å². The molecule has 6 aromatic rings. The smallest absolute Gasteiger partial charge is 0.352 e. The molecule has 2 aliphatic rings. The molecule has 2 aromatic heterocycles. The molecule has 0 aliphatic carbocycles. The van der Waals surface area contributed by atoms with E-state index in [1.54, 1.807) is 0 Å². The molecule has 0 unspecified atom stereocenters. The standard InChI is InChI=1S/C43H44N4O5/c1-28-40-36-16-8-15-34-35(17-9-21-52-38-18-7-13-30-10-5-6-14-33(30)38)42(43(49)50)47(41(34)36)26-32-12-4-3-11-31(32)25-46(27-37(40)44-45(28)2)39(48)24-29-19-22-51-23-20-29/h3-8,10-16,18,29H,9,17,19-27H2,1-2H3,(H,49,50). The lowest BCUT2D eigenvalue weighted by atomic mass is 9.95. The molecule has 52 heavy (non-hydrogen) atoms. The zero-order chi connectivity index (χ0) is 35.8. The summed E-state index contributed by atoms with van der Waals surface area (Å²) in [6, 6.07) is 28.5. The Morgan fingerprint density at radius 1 is 0.885 bits per heavy atom. The van der Waals surface area contributed by atoms with Gasteiger partial charge in [0.15, 0.2) is 0 Å². The van der Waals surface area contributed by atoms with Gasteiger partial charge in [0.25, 0.3) is 0 Å². The van der Waals surface area contributed by atoms with E-state index in [0.29, 0.717) is 64.6 Å². The lowest BCUT2D eigenvalue weighted by Crippen LogP contribution is -2.33. The average molecular weight is 697 g/mol. The average Bonchev–Trinajstić information content (AvgIpc) is 3.61. The number of carboxylic acids is 1. The molecule has 266 valence electrons. The van der Waals surface area contributed by atoms with Crippen molar-refractivity contribution >= 4 is 33.6 Å². The third kappa shape index (κ3) is 6.34. The van der Waals surface area contributed by atoms with Crippen LogP contribution in [0.15, 0.2) is 84.9 Å². The van der Waals surface area contributed by atoms with Gasteiger partial charge in [0, 0.05) is 67.4 Å². The van der Waals surface area contributed by atoms with Crippen molar-refractivity contribution < 1.29 is 24.2 Å². The minimum atomic E-state index is -0.962. The second kappa shape index (κ2) is 14.3. The van der Waals surface area contributed by atoms with Crippen LogP contribution < -0.4 is 4.74 Å². The SMILES string of the molecule is Cc1c2c(nn1C)CN(C(=O)CC1CCOCC1)Cc1ccccc1Cn1c(C(=O)O)c(CCCOc3cccc4ccccc34)c3cccc-2c31. The van der Waals surface area contributed by atoms with Gasteiger partial charge in [0.05, 0.1) is 24.4 Å². The highest BCUT2D eigenvalue weighted by Gasteiger charge is 2.30. The van der Waals surface area contributed by atoms with E-state index in [0.717, 1.165) is 79.5 Å². The van der Waals surface area contributed by atoms with Crippen molar-refractivity contribution in [1.29, 1.82) is 0 Å². The molecule has 0 saturated carbocycles. The van der Waals surface area contributed by atoms with E-state index in [2.05, 4.69) is 36.4 Å². The molecular weight excluding hydrogens is 652 g/mol. The normalized spacial score (nSPS) is 14.9. The molecule has 0 radical (unpaired) electrons. The Kier molecular flexibility index (Phi) is 9.28. The van der Waals surface area contributed by atoms with E-state index in [1.807, 2.05) is 76.7 Å². The third-order valence-electron chi connectivity index (χ3n) is 10.9. The predicted octanol–water partition coefficient (Wildman–Crippen LogP) is 7.92. The van der Waals surface area contributed by atoms with Crippen LogP contribution in [0.2, 0.25) is 0 Å². The molecular formula is C43H44N4O5. The maximum absolute atomic E-state index is 14.1. The topological polar surface area (TPSA) is 98.8 Å². The number of aromatic carboxylic acids is 1. The number of carboxylic acid groups (broad SMARTS) is 1. The van der Waals surface area contributed by atoms with Crippen molar-refractivity contribution in [2.75, 3.05) is 19.8 Å². The summed E-state index contributed by atoms with van der Waals surface area (Å²) in [5.41, 5.74) is 7.60. The van der Waals surface area contributed by atoms with Gasteiger partial charge in [-0.25, -0.2) is 4.79 Å². The van der Waals surface area contributed by atoms with E-state index in [1.165, 1.54) is 0 Å². The summed E-state index contributed by atoms with van der Waals surface area (Å²) in [7, 11) is 1.93. The molecule has 2 aliphatic heterocycles. The van der Waals surface area contributed by atoms with Crippen LogP contribution in [-0.2, 0) is 42.6 Å². The Labute approximate surface area is 303 Å². The van der Waals surface area contributed by atoms with Crippen molar-refractivity contribution in [3.63, 3.8) is 0 Å².